The molecule has 12 rings (SSSR count). The smallest absolute Gasteiger partial charge is 0.143 e. The summed E-state index contributed by atoms with van der Waals surface area (Å²) in [6.45, 7) is 0. The summed E-state index contributed by atoms with van der Waals surface area (Å²) in [5, 5.41) is 9.57. The van der Waals surface area contributed by atoms with E-state index in [4.69, 9.17) is 4.42 Å². The molecule has 0 amide bonds. The van der Waals surface area contributed by atoms with Gasteiger partial charge >= 0.3 is 0 Å². The van der Waals surface area contributed by atoms with Gasteiger partial charge in [-0.1, -0.05) is 127 Å². The highest BCUT2D eigenvalue weighted by atomic mass is 32.1. The molecule has 9 aromatic carbocycles. The first-order valence-electron chi connectivity index (χ1n) is 19.0. The van der Waals surface area contributed by atoms with Gasteiger partial charge in [0, 0.05) is 64.2 Å². The van der Waals surface area contributed by atoms with Gasteiger partial charge in [-0.15, -0.1) is 11.3 Å². The number of furan rings is 1. The second-order valence-electron chi connectivity index (χ2n) is 14.4. The minimum atomic E-state index is 0.866. The third-order valence-corrected chi connectivity index (χ3v) is 12.6. The molecule has 0 aliphatic heterocycles. The molecule has 0 bridgehead atoms. The lowest BCUT2D eigenvalue weighted by atomic mass is 9.99. The zero-order chi connectivity index (χ0) is 36.7. The fourth-order valence-electron chi connectivity index (χ4n) is 8.94. The van der Waals surface area contributed by atoms with Crippen molar-refractivity contribution in [3.63, 3.8) is 0 Å². The van der Waals surface area contributed by atoms with Crippen molar-refractivity contribution in [3.05, 3.63) is 194 Å². The zero-order valence-corrected chi connectivity index (χ0v) is 31.0. The molecule has 0 aliphatic carbocycles. The van der Waals surface area contributed by atoms with Crippen LogP contribution in [0.2, 0.25) is 0 Å². The van der Waals surface area contributed by atoms with Gasteiger partial charge in [0.05, 0.1) is 27.8 Å². The SMILES string of the molecule is c1ccc(N(c2ccc(-n3c4ccccc4c4ccccc43)cc2)c2cccc3oc4c5ccccc5ccc4c23)c(-c2cccc3c2sc2ccccc23)c1. The minimum Gasteiger partial charge on any atom is -0.455 e. The number of thiophene rings is 1. The number of hydrogen-bond acceptors (Lipinski definition) is 3. The van der Waals surface area contributed by atoms with E-state index in [1.165, 1.54) is 58.5 Å². The van der Waals surface area contributed by atoms with Crippen molar-refractivity contribution in [3.8, 4) is 16.8 Å². The standard InChI is InChI=1S/C52H32N2OS/c1-2-14-36-33(13-1)27-32-43-50-47(24-12-25-48(50)55-51(36)43)54(35-30-28-34(29-31-35)53-44-21-7-3-15-37(44)38-16-4-8-22-45(38)53)46-23-9-5-17-39(46)41-19-11-20-42-40-18-6-10-26-49(40)56-52(41)42/h1-32H. The van der Waals surface area contributed by atoms with Gasteiger partial charge in [0.1, 0.15) is 11.2 Å². The number of nitrogens with zero attached hydrogens (tertiary/aromatic N) is 2. The number of anilines is 3. The third-order valence-electron chi connectivity index (χ3n) is 11.4. The zero-order valence-electron chi connectivity index (χ0n) is 30.2. The molecule has 3 heterocycles. The van der Waals surface area contributed by atoms with Crippen molar-refractivity contribution in [2.45, 2.75) is 0 Å². The first-order chi connectivity index (χ1) is 27.8. The van der Waals surface area contributed by atoms with E-state index in [0.717, 1.165) is 50.1 Å². The van der Waals surface area contributed by atoms with Crippen molar-refractivity contribution < 1.29 is 4.42 Å². The van der Waals surface area contributed by atoms with Gasteiger partial charge in [0.2, 0.25) is 0 Å². The summed E-state index contributed by atoms with van der Waals surface area (Å²) in [7, 11) is 0. The van der Waals surface area contributed by atoms with Crippen LogP contribution in [-0.4, -0.2) is 4.57 Å². The number of rotatable bonds is 5. The molecule has 0 saturated heterocycles. The summed E-state index contributed by atoms with van der Waals surface area (Å²) in [5.74, 6) is 0. The van der Waals surface area contributed by atoms with E-state index in [9.17, 15) is 0 Å². The second kappa shape index (κ2) is 12.2. The van der Waals surface area contributed by atoms with Crippen LogP contribution in [0.1, 0.15) is 0 Å². The summed E-state index contributed by atoms with van der Waals surface area (Å²) < 4.78 is 11.7. The Labute approximate surface area is 326 Å². The highest BCUT2D eigenvalue weighted by Crippen LogP contribution is 2.49. The Morgan fingerprint density at radius 2 is 1.05 bits per heavy atom. The maximum absolute atomic E-state index is 6.76. The van der Waals surface area contributed by atoms with E-state index < -0.39 is 0 Å². The molecule has 0 fully saturated rings. The number of para-hydroxylation sites is 3. The second-order valence-corrected chi connectivity index (χ2v) is 15.5. The molecule has 0 radical (unpaired) electrons. The number of benzene rings is 9. The van der Waals surface area contributed by atoms with E-state index >= 15 is 0 Å². The van der Waals surface area contributed by atoms with Gasteiger partial charge < -0.3 is 13.9 Å². The highest BCUT2D eigenvalue weighted by Gasteiger charge is 2.24. The van der Waals surface area contributed by atoms with Crippen molar-refractivity contribution >= 4 is 103 Å². The van der Waals surface area contributed by atoms with Crippen molar-refractivity contribution in [2.24, 2.45) is 0 Å². The summed E-state index contributed by atoms with van der Waals surface area (Å²) in [6.07, 6.45) is 0. The van der Waals surface area contributed by atoms with Crippen LogP contribution in [0, 0.1) is 0 Å². The van der Waals surface area contributed by atoms with Crippen LogP contribution in [0.4, 0.5) is 17.1 Å². The molecule has 262 valence electrons. The van der Waals surface area contributed by atoms with Gasteiger partial charge in [0.25, 0.3) is 0 Å². The Morgan fingerprint density at radius 1 is 0.429 bits per heavy atom. The Kier molecular flexibility index (Phi) is 6.80. The monoisotopic (exact) mass is 732 g/mol. The lowest BCUT2D eigenvalue weighted by molar-refractivity contribution is 0.672. The Balaban J connectivity index is 1.12. The quantitative estimate of drug-likeness (QED) is 0.176. The first kappa shape index (κ1) is 31.2. The van der Waals surface area contributed by atoms with Crippen LogP contribution < -0.4 is 4.90 Å². The molecule has 0 saturated carbocycles. The topological polar surface area (TPSA) is 21.3 Å². The Bertz CT molecular complexity index is 3440. The minimum absolute atomic E-state index is 0.866. The normalized spacial score (nSPS) is 11.9. The molecule has 4 heteroatoms. The molecule has 12 aromatic rings. The first-order valence-corrected chi connectivity index (χ1v) is 19.8. The molecular weight excluding hydrogens is 701 g/mol. The van der Waals surface area contributed by atoms with Crippen LogP contribution in [0.15, 0.2) is 199 Å². The summed E-state index contributed by atoms with van der Waals surface area (Å²) in [5.41, 5.74) is 10.9. The van der Waals surface area contributed by atoms with Crippen LogP contribution in [0.3, 0.4) is 0 Å². The fraction of sp³-hybridized carbons (Fsp3) is 0. The Morgan fingerprint density at radius 3 is 1.88 bits per heavy atom. The molecule has 0 spiro atoms. The summed E-state index contributed by atoms with van der Waals surface area (Å²) in [6, 6.07) is 70.2. The van der Waals surface area contributed by atoms with Gasteiger partial charge in [-0.25, -0.2) is 0 Å². The van der Waals surface area contributed by atoms with E-state index in [0.29, 0.717) is 0 Å². The van der Waals surface area contributed by atoms with Crippen LogP contribution in [0.5, 0.6) is 0 Å². The third kappa shape index (κ3) is 4.57. The van der Waals surface area contributed by atoms with Crippen molar-refractivity contribution in [2.75, 3.05) is 4.90 Å². The average molecular weight is 733 g/mol. The number of fused-ring (bicyclic) bond motifs is 11. The van der Waals surface area contributed by atoms with Crippen LogP contribution in [0.25, 0.3) is 91.5 Å². The summed E-state index contributed by atoms with van der Waals surface area (Å²) in [4.78, 5) is 2.43. The van der Waals surface area contributed by atoms with Crippen LogP contribution in [-0.2, 0) is 0 Å². The van der Waals surface area contributed by atoms with Gasteiger partial charge in [-0.05, 0) is 72.1 Å². The lowest BCUT2D eigenvalue weighted by Crippen LogP contribution is -2.12. The lowest BCUT2D eigenvalue weighted by Gasteiger charge is -2.29. The molecular formula is C52H32N2OS. The van der Waals surface area contributed by atoms with E-state index in [1.54, 1.807) is 0 Å². The van der Waals surface area contributed by atoms with Crippen molar-refractivity contribution in [1.29, 1.82) is 0 Å². The van der Waals surface area contributed by atoms with E-state index in [2.05, 4.69) is 204 Å². The van der Waals surface area contributed by atoms with Gasteiger partial charge in [-0.2, -0.15) is 0 Å². The molecule has 56 heavy (non-hydrogen) atoms. The highest BCUT2D eigenvalue weighted by molar-refractivity contribution is 7.26. The largest absolute Gasteiger partial charge is 0.455 e. The Hall–Kier alpha value is -7.14. The number of aromatic nitrogens is 1. The molecule has 0 atom stereocenters. The van der Waals surface area contributed by atoms with Crippen molar-refractivity contribution in [1.82, 2.24) is 4.57 Å². The maximum atomic E-state index is 6.76. The van der Waals surface area contributed by atoms with E-state index in [-0.39, 0.29) is 0 Å². The van der Waals surface area contributed by atoms with Gasteiger partial charge in [0.15, 0.2) is 0 Å². The summed E-state index contributed by atoms with van der Waals surface area (Å²) >= 11 is 1.87. The van der Waals surface area contributed by atoms with Gasteiger partial charge in [-0.3, -0.25) is 0 Å². The fourth-order valence-corrected chi connectivity index (χ4v) is 10.2. The number of hydrogen-bond donors (Lipinski definition) is 0. The predicted molar refractivity (Wildman–Crippen MR) is 239 cm³/mol. The average Bonchev–Trinajstić information content (AvgIpc) is 3.95. The molecule has 0 unspecified atom stereocenters. The molecule has 0 aliphatic rings. The molecule has 3 nitrogen and oxygen atoms in total. The maximum Gasteiger partial charge on any atom is 0.143 e. The van der Waals surface area contributed by atoms with Crippen LogP contribution >= 0.6 is 11.3 Å². The molecule has 3 aromatic heterocycles. The predicted octanol–water partition coefficient (Wildman–Crippen LogP) is 15.3. The van der Waals surface area contributed by atoms with E-state index in [1.807, 2.05) is 11.3 Å². The molecule has 0 N–H and O–H groups in total.